The normalized spacial score (nSPS) is 11.2. The van der Waals surface area contributed by atoms with E-state index in [2.05, 4.69) is 22.1 Å². The van der Waals surface area contributed by atoms with Crippen molar-refractivity contribution in [2.75, 3.05) is 0 Å². The molecule has 0 aliphatic heterocycles. The number of aryl methyl sites for hydroxylation is 1. The predicted molar refractivity (Wildman–Crippen MR) is 117 cm³/mol. The van der Waals surface area contributed by atoms with E-state index >= 15 is 0 Å². The fraction of sp³-hybridized carbons (Fsp3) is 0.143. The minimum Gasteiger partial charge on any atom is -0.258 e. The number of hydrogen-bond acceptors (Lipinski definition) is 7. The van der Waals surface area contributed by atoms with E-state index in [1.165, 1.54) is 23.5 Å². The molecule has 30 heavy (non-hydrogen) atoms. The van der Waals surface area contributed by atoms with E-state index in [0.29, 0.717) is 10.8 Å². The number of para-hydroxylation sites is 1. The fourth-order valence-corrected chi connectivity index (χ4v) is 3.68. The lowest BCUT2D eigenvalue weighted by atomic mass is 10.1. The lowest BCUT2D eigenvalue weighted by Gasteiger charge is -2.00. The number of hydrogen-bond donors (Lipinski definition) is 0. The van der Waals surface area contributed by atoms with Crippen LogP contribution in [-0.4, -0.2) is 31.1 Å². The number of nitro benzene ring substituents is 1. The van der Waals surface area contributed by atoms with Gasteiger partial charge in [-0.1, -0.05) is 36.5 Å². The summed E-state index contributed by atoms with van der Waals surface area (Å²) in [7, 11) is 0. The molecular weight excluding hydrogens is 400 g/mol. The van der Waals surface area contributed by atoms with Gasteiger partial charge >= 0.3 is 0 Å². The molecule has 0 bridgehead atoms. The second-order valence-electron chi connectivity index (χ2n) is 6.50. The smallest absolute Gasteiger partial charge is 0.258 e. The van der Waals surface area contributed by atoms with Crippen molar-refractivity contribution in [3.63, 3.8) is 0 Å². The van der Waals surface area contributed by atoms with E-state index in [9.17, 15) is 10.1 Å². The van der Waals surface area contributed by atoms with Crippen molar-refractivity contribution >= 4 is 28.4 Å². The number of nitrogens with zero attached hydrogens (tertiary/aromatic N) is 6. The molecule has 0 atom stereocenters. The summed E-state index contributed by atoms with van der Waals surface area (Å²) < 4.78 is 1.76. The van der Waals surface area contributed by atoms with Crippen molar-refractivity contribution in [2.24, 2.45) is 4.99 Å². The van der Waals surface area contributed by atoms with Crippen molar-refractivity contribution < 1.29 is 4.92 Å². The van der Waals surface area contributed by atoms with Gasteiger partial charge in [-0.05, 0) is 30.7 Å². The first-order valence-electron chi connectivity index (χ1n) is 9.40. The Bertz CT molecular complexity index is 1180. The molecule has 0 N–H and O–H groups in total. The predicted octanol–water partition coefficient (Wildman–Crippen LogP) is 5.00. The van der Waals surface area contributed by atoms with Crippen LogP contribution in [0.4, 0.5) is 10.8 Å². The van der Waals surface area contributed by atoms with Crippen LogP contribution in [0, 0.1) is 10.1 Å². The topological polar surface area (TPSA) is 99.1 Å². The molecule has 4 rings (SSSR count). The van der Waals surface area contributed by atoms with Crippen LogP contribution in [0.1, 0.15) is 23.9 Å². The molecule has 0 radical (unpaired) electrons. The van der Waals surface area contributed by atoms with Gasteiger partial charge < -0.3 is 0 Å². The highest BCUT2D eigenvalue weighted by molar-refractivity contribution is 7.14. The Morgan fingerprint density at radius 2 is 1.90 bits per heavy atom. The molecule has 0 unspecified atom stereocenters. The van der Waals surface area contributed by atoms with Gasteiger partial charge in [0.15, 0.2) is 0 Å². The van der Waals surface area contributed by atoms with Crippen molar-refractivity contribution in [3.05, 3.63) is 81.5 Å². The molecule has 0 saturated carbocycles. The number of rotatable bonds is 7. The number of benzene rings is 2. The van der Waals surface area contributed by atoms with E-state index in [-0.39, 0.29) is 5.69 Å². The Labute approximate surface area is 176 Å². The molecule has 0 amide bonds. The lowest BCUT2D eigenvalue weighted by molar-refractivity contribution is -0.384. The molecule has 2 aromatic heterocycles. The maximum Gasteiger partial charge on any atom is 0.269 e. The van der Waals surface area contributed by atoms with Gasteiger partial charge in [-0.3, -0.25) is 10.1 Å². The molecule has 4 aromatic rings. The molecule has 9 heteroatoms. The van der Waals surface area contributed by atoms with Crippen molar-refractivity contribution in [2.45, 2.75) is 19.8 Å². The van der Waals surface area contributed by atoms with Gasteiger partial charge in [0.25, 0.3) is 5.69 Å². The summed E-state index contributed by atoms with van der Waals surface area (Å²) in [6.45, 7) is 2.10. The van der Waals surface area contributed by atoms with Gasteiger partial charge in [-0.15, -0.1) is 10.2 Å². The third kappa shape index (κ3) is 4.31. The molecule has 150 valence electrons. The molecule has 0 aliphatic carbocycles. The Morgan fingerprint density at radius 3 is 2.60 bits per heavy atom. The Hall–Kier alpha value is -3.72. The van der Waals surface area contributed by atoms with Gasteiger partial charge in [0.1, 0.15) is 10.7 Å². The van der Waals surface area contributed by atoms with Crippen molar-refractivity contribution in [3.8, 4) is 16.9 Å². The van der Waals surface area contributed by atoms with Gasteiger partial charge in [-0.2, -0.15) is 5.10 Å². The lowest BCUT2D eigenvalue weighted by Crippen LogP contribution is -1.94. The van der Waals surface area contributed by atoms with Crippen LogP contribution >= 0.6 is 11.3 Å². The van der Waals surface area contributed by atoms with E-state index in [1.807, 2.05) is 36.5 Å². The highest BCUT2D eigenvalue weighted by atomic mass is 32.1. The SMILES string of the molecule is CCCc1nnc(/N=C/c2cn(-c3ccccc3)nc2-c2ccc([N+](=O)[O-])cc2)s1. The van der Waals surface area contributed by atoms with Gasteiger partial charge in [0, 0.05) is 42.1 Å². The molecular formula is C21H18N6O2S. The monoisotopic (exact) mass is 418 g/mol. The summed E-state index contributed by atoms with van der Waals surface area (Å²) in [5, 5.41) is 25.5. The Kier molecular flexibility index (Phi) is 5.71. The highest BCUT2D eigenvalue weighted by Gasteiger charge is 2.13. The molecule has 0 spiro atoms. The summed E-state index contributed by atoms with van der Waals surface area (Å²) in [6.07, 6.45) is 5.47. The van der Waals surface area contributed by atoms with E-state index < -0.39 is 4.92 Å². The first kappa shape index (κ1) is 19.6. The third-order valence-corrected chi connectivity index (χ3v) is 5.24. The van der Waals surface area contributed by atoms with Crippen LogP contribution in [0.5, 0.6) is 0 Å². The Balaban J connectivity index is 1.72. The summed E-state index contributed by atoms with van der Waals surface area (Å²) in [6, 6.07) is 16.0. The molecule has 2 aromatic carbocycles. The van der Waals surface area contributed by atoms with Crippen LogP contribution in [-0.2, 0) is 6.42 Å². The average Bonchev–Trinajstić information content (AvgIpc) is 3.40. The van der Waals surface area contributed by atoms with Crippen LogP contribution < -0.4 is 0 Å². The average molecular weight is 418 g/mol. The molecule has 2 heterocycles. The Morgan fingerprint density at radius 1 is 1.13 bits per heavy atom. The summed E-state index contributed by atoms with van der Waals surface area (Å²) in [5.41, 5.74) is 3.16. The number of nitro groups is 1. The summed E-state index contributed by atoms with van der Waals surface area (Å²) in [5.74, 6) is 0. The van der Waals surface area contributed by atoms with Crippen LogP contribution in [0.25, 0.3) is 16.9 Å². The minimum atomic E-state index is -0.419. The standard InChI is InChI=1S/C21H18N6O2S/c1-2-6-19-23-24-21(30-19)22-13-16-14-26(17-7-4-3-5-8-17)25-20(16)15-9-11-18(12-10-15)27(28)29/h3-5,7-14H,2,6H2,1H3/b22-13+. The zero-order chi connectivity index (χ0) is 20.9. The largest absolute Gasteiger partial charge is 0.269 e. The van der Waals surface area contributed by atoms with E-state index in [4.69, 9.17) is 5.10 Å². The second-order valence-corrected chi connectivity index (χ2v) is 7.54. The second kappa shape index (κ2) is 8.75. The van der Waals surface area contributed by atoms with Gasteiger partial charge in [0.05, 0.1) is 10.6 Å². The molecule has 8 nitrogen and oxygen atoms in total. The molecule has 0 aliphatic rings. The number of non-ortho nitro benzene ring substituents is 1. The number of aromatic nitrogens is 4. The van der Waals surface area contributed by atoms with Gasteiger partial charge in [0.2, 0.25) is 5.13 Å². The van der Waals surface area contributed by atoms with Gasteiger partial charge in [-0.25, -0.2) is 9.67 Å². The minimum absolute atomic E-state index is 0.0359. The van der Waals surface area contributed by atoms with Crippen LogP contribution in [0.2, 0.25) is 0 Å². The summed E-state index contributed by atoms with van der Waals surface area (Å²) >= 11 is 1.46. The molecule has 0 fully saturated rings. The first-order valence-corrected chi connectivity index (χ1v) is 10.2. The maximum absolute atomic E-state index is 11.0. The zero-order valence-corrected chi connectivity index (χ0v) is 17.0. The first-order chi connectivity index (χ1) is 14.6. The number of aliphatic imine (C=N–C) groups is 1. The van der Waals surface area contributed by atoms with E-state index in [0.717, 1.165) is 34.7 Å². The van der Waals surface area contributed by atoms with Crippen molar-refractivity contribution in [1.29, 1.82) is 0 Å². The van der Waals surface area contributed by atoms with Crippen LogP contribution in [0.15, 0.2) is 65.8 Å². The van der Waals surface area contributed by atoms with Crippen LogP contribution in [0.3, 0.4) is 0 Å². The maximum atomic E-state index is 11.0. The zero-order valence-electron chi connectivity index (χ0n) is 16.2. The quantitative estimate of drug-likeness (QED) is 0.239. The third-order valence-electron chi connectivity index (χ3n) is 4.35. The van der Waals surface area contributed by atoms with E-state index in [1.54, 1.807) is 23.0 Å². The fourth-order valence-electron chi connectivity index (χ4n) is 2.90. The van der Waals surface area contributed by atoms with Crippen molar-refractivity contribution in [1.82, 2.24) is 20.0 Å². The molecule has 0 saturated heterocycles. The summed E-state index contributed by atoms with van der Waals surface area (Å²) in [4.78, 5) is 15.0. The highest BCUT2D eigenvalue weighted by Crippen LogP contribution is 2.26.